The van der Waals surface area contributed by atoms with Crippen LogP contribution in [0.15, 0.2) is 42.5 Å². The summed E-state index contributed by atoms with van der Waals surface area (Å²) in [5, 5.41) is 0. The van der Waals surface area contributed by atoms with Crippen LogP contribution in [-0.2, 0) is 6.18 Å². The summed E-state index contributed by atoms with van der Waals surface area (Å²) >= 11 is 0. The molecule has 0 radical (unpaired) electrons. The molecule has 0 bridgehead atoms. The van der Waals surface area contributed by atoms with Gasteiger partial charge in [-0.3, -0.25) is 4.79 Å². The van der Waals surface area contributed by atoms with Crippen LogP contribution >= 0.6 is 0 Å². The number of benzene rings is 2. The van der Waals surface area contributed by atoms with Gasteiger partial charge in [0.1, 0.15) is 11.6 Å². The fraction of sp³-hybridized carbons (Fsp3) is 0.316. The minimum absolute atomic E-state index is 0.170. The molecule has 2 aromatic carbocycles. The third-order valence-electron chi connectivity index (χ3n) is 4.45. The van der Waals surface area contributed by atoms with Gasteiger partial charge < -0.3 is 4.90 Å². The van der Waals surface area contributed by atoms with Crippen LogP contribution in [-0.4, -0.2) is 16.8 Å². The first kappa shape index (κ1) is 18.4. The fourth-order valence-electron chi connectivity index (χ4n) is 2.95. The Morgan fingerprint density at radius 1 is 1.12 bits per heavy atom. The van der Waals surface area contributed by atoms with E-state index < -0.39 is 35.3 Å². The van der Waals surface area contributed by atoms with E-state index in [4.69, 9.17) is 0 Å². The number of nitrogens with zero attached hydrogens (tertiary/aromatic N) is 1. The van der Waals surface area contributed by atoms with Gasteiger partial charge in [-0.1, -0.05) is 12.1 Å². The molecule has 1 amide bonds. The Morgan fingerprint density at radius 2 is 1.81 bits per heavy atom. The molecule has 0 heterocycles. The minimum atomic E-state index is -4.49. The Labute approximate surface area is 147 Å². The summed E-state index contributed by atoms with van der Waals surface area (Å²) in [5.74, 6) is -2.45. The molecule has 0 N–H and O–H groups in total. The zero-order valence-electron chi connectivity index (χ0n) is 13.9. The van der Waals surface area contributed by atoms with Crippen molar-refractivity contribution in [2.45, 2.75) is 38.0 Å². The fourth-order valence-corrected chi connectivity index (χ4v) is 2.95. The van der Waals surface area contributed by atoms with Gasteiger partial charge in [-0.15, -0.1) is 0 Å². The van der Waals surface area contributed by atoms with Crippen molar-refractivity contribution in [2.24, 2.45) is 0 Å². The maximum atomic E-state index is 14.0. The molecule has 7 heteroatoms. The largest absolute Gasteiger partial charge is 0.416 e. The molecule has 1 aliphatic rings. The zero-order chi connectivity index (χ0) is 19.1. The van der Waals surface area contributed by atoms with Gasteiger partial charge in [0.2, 0.25) is 0 Å². The lowest BCUT2D eigenvalue weighted by Crippen LogP contribution is -2.36. The maximum absolute atomic E-state index is 14.0. The number of amides is 1. The molecule has 1 atom stereocenters. The summed E-state index contributed by atoms with van der Waals surface area (Å²) in [6, 6.07) is 6.54. The number of hydrogen-bond acceptors (Lipinski definition) is 1. The number of rotatable bonds is 4. The topological polar surface area (TPSA) is 20.3 Å². The van der Waals surface area contributed by atoms with Crippen molar-refractivity contribution >= 4 is 5.91 Å². The van der Waals surface area contributed by atoms with E-state index in [0.717, 1.165) is 24.3 Å². The van der Waals surface area contributed by atoms with E-state index in [1.165, 1.54) is 17.0 Å². The number of alkyl halides is 3. The van der Waals surface area contributed by atoms with E-state index in [2.05, 4.69) is 0 Å². The Bertz CT molecular complexity index is 829. The van der Waals surface area contributed by atoms with Crippen molar-refractivity contribution < 1.29 is 26.7 Å². The molecular weight excluding hydrogens is 353 g/mol. The lowest BCUT2D eigenvalue weighted by Gasteiger charge is -2.30. The summed E-state index contributed by atoms with van der Waals surface area (Å²) in [5.41, 5.74) is -0.794. The summed E-state index contributed by atoms with van der Waals surface area (Å²) in [4.78, 5) is 14.2. The highest BCUT2D eigenvalue weighted by Gasteiger charge is 2.38. The van der Waals surface area contributed by atoms with Crippen LogP contribution in [0.5, 0.6) is 0 Å². The van der Waals surface area contributed by atoms with Crippen LogP contribution in [0, 0.1) is 11.6 Å². The Morgan fingerprint density at radius 3 is 2.38 bits per heavy atom. The SMILES string of the molecule is C[C@@H](c1cccc(C(F)(F)F)c1)N(C(=O)c1ccc(F)cc1F)C1CC1. The highest BCUT2D eigenvalue weighted by atomic mass is 19.4. The van der Waals surface area contributed by atoms with E-state index in [0.29, 0.717) is 24.5 Å². The Hall–Kier alpha value is -2.44. The van der Waals surface area contributed by atoms with Crippen LogP contribution in [0.1, 0.15) is 47.3 Å². The molecule has 0 spiro atoms. The molecule has 0 aromatic heterocycles. The number of carbonyl (C=O) groups excluding carboxylic acids is 1. The number of carbonyl (C=O) groups is 1. The van der Waals surface area contributed by atoms with E-state index in [9.17, 15) is 26.7 Å². The summed E-state index contributed by atoms with van der Waals surface area (Å²) in [6.07, 6.45) is -3.11. The average Bonchev–Trinajstić information content (AvgIpc) is 3.39. The van der Waals surface area contributed by atoms with Gasteiger partial charge in [-0.2, -0.15) is 13.2 Å². The molecule has 1 aliphatic carbocycles. The standard InChI is InChI=1S/C19H16F5NO/c1-11(12-3-2-4-13(9-12)19(22,23)24)25(15-6-7-15)18(26)16-8-5-14(20)10-17(16)21/h2-5,8-11,15H,6-7H2,1H3/t11-/m0/s1. The monoisotopic (exact) mass is 369 g/mol. The normalized spacial score (nSPS) is 15.6. The smallest absolute Gasteiger partial charge is 0.329 e. The van der Waals surface area contributed by atoms with E-state index in [1.807, 2.05) is 0 Å². The van der Waals surface area contributed by atoms with Gasteiger partial charge >= 0.3 is 6.18 Å². The predicted molar refractivity (Wildman–Crippen MR) is 85.4 cm³/mol. The van der Waals surface area contributed by atoms with Gasteiger partial charge in [-0.25, -0.2) is 8.78 Å². The first-order valence-electron chi connectivity index (χ1n) is 8.13. The second kappa shape index (κ2) is 6.70. The molecule has 138 valence electrons. The van der Waals surface area contributed by atoms with Crippen LogP contribution < -0.4 is 0 Å². The first-order chi connectivity index (χ1) is 12.2. The minimum Gasteiger partial charge on any atom is -0.329 e. The molecule has 0 unspecified atom stereocenters. The van der Waals surface area contributed by atoms with Gasteiger partial charge in [-0.05, 0) is 49.6 Å². The molecule has 3 rings (SSSR count). The molecule has 0 saturated heterocycles. The van der Waals surface area contributed by atoms with Crippen LogP contribution in [0.3, 0.4) is 0 Å². The third-order valence-corrected chi connectivity index (χ3v) is 4.45. The van der Waals surface area contributed by atoms with Crippen molar-refractivity contribution in [1.29, 1.82) is 0 Å². The summed E-state index contributed by atoms with van der Waals surface area (Å²) < 4.78 is 65.9. The zero-order valence-corrected chi connectivity index (χ0v) is 13.9. The molecule has 1 saturated carbocycles. The molecule has 26 heavy (non-hydrogen) atoms. The van der Waals surface area contributed by atoms with E-state index in [-0.39, 0.29) is 11.6 Å². The van der Waals surface area contributed by atoms with Crippen molar-refractivity contribution in [1.82, 2.24) is 4.90 Å². The number of halogens is 5. The number of hydrogen-bond donors (Lipinski definition) is 0. The Kier molecular flexibility index (Phi) is 4.73. The molecular formula is C19H16F5NO. The van der Waals surface area contributed by atoms with Crippen molar-refractivity contribution in [3.05, 3.63) is 70.8 Å². The lowest BCUT2D eigenvalue weighted by atomic mass is 10.0. The third kappa shape index (κ3) is 3.71. The molecule has 2 aromatic rings. The van der Waals surface area contributed by atoms with E-state index >= 15 is 0 Å². The summed E-state index contributed by atoms with van der Waals surface area (Å²) in [6.45, 7) is 1.60. The first-order valence-corrected chi connectivity index (χ1v) is 8.13. The van der Waals surface area contributed by atoms with Crippen LogP contribution in [0.25, 0.3) is 0 Å². The van der Waals surface area contributed by atoms with Gasteiger partial charge in [0, 0.05) is 12.1 Å². The molecule has 2 nitrogen and oxygen atoms in total. The predicted octanol–water partition coefficient (Wildman–Crippen LogP) is 5.35. The van der Waals surface area contributed by atoms with E-state index in [1.54, 1.807) is 6.92 Å². The quantitative estimate of drug-likeness (QED) is 0.666. The van der Waals surface area contributed by atoms with Crippen LogP contribution in [0.4, 0.5) is 22.0 Å². The molecule has 0 aliphatic heterocycles. The Balaban J connectivity index is 1.94. The summed E-state index contributed by atoms with van der Waals surface area (Å²) in [7, 11) is 0. The highest BCUT2D eigenvalue weighted by molar-refractivity contribution is 5.95. The van der Waals surface area contributed by atoms with Crippen molar-refractivity contribution in [3.8, 4) is 0 Å². The lowest BCUT2D eigenvalue weighted by molar-refractivity contribution is -0.137. The second-order valence-electron chi connectivity index (χ2n) is 6.37. The second-order valence-corrected chi connectivity index (χ2v) is 6.37. The van der Waals surface area contributed by atoms with Crippen molar-refractivity contribution in [3.63, 3.8) is 0 Å². The maximum Gasteiger partial charge on any atom is 0.416 e. The van der Waals surface area contributed by atoms with Gasteiger partial charge in [0.15, 0.2) is 0 Å². The highest BCUT2D eigenvalue weighted by Crippen LogP contribution is 2.37. The molecule has 1 fully saturated rings. The van der Waals surface area contributed by atoms with Gasteiger partial charge in [0.25, 0.3) is 5.91 Å². The van der Waals surface area contributed by atoms with Gasteiger partial charge in [0.05, 0.1) is 17.2 Å². The van der Waals surface area contributed by atoms with Crippen molar-refractivity contribution in [2.75, 3.05) is 0 Å². The average molecular weight is 369 g/mol. The van der Waals surface area contributed by atoms with Crippen LogP contribution in [0.2, 0.25) is 0 Å².